The van der Waals surface area contributed by atoms with Gasteiger partial charge in [0.1, 0.15) is 0 Å². The highest BCUT2D eigenvalue weighted by Gasteiger charge is 2.04. The van der Waals surface area contributed by atoms with E-state index >= 15 is 0 Å². The van der Waals surface area contributed by atoms with Gasteiger partial charge in [0, 0.05) is 23.3 Å². The van der Waals surface area contributed by atoms with Gasteiger partial charge in [-0.1, -0.05) is 6.07 Å². The van der Waals surface area contributed by atoms with Crippen LogP contribution >= 0.6 is 11.3 Å². The van der Waals surface area contributed by atoms with Crippen LogP contribution < -0.4 is 5.73 Å². The fourth-order valence-corrected chi connectivity index (χ4v) is 2.67. The average Bonchev–Trinajstić information content (AvgIpc) is 2.83. The van der Waals surface area contributed by atoms with Crippen molar-refractivity contribution in [3.05, 3.63) is 52.5 Å². The quantitative estimate of drug-likeness (QED) is 0.851. The number of rotatable bonds is 6. The highest BCUT2D eigenvalue weighted by molar-refractivity contribution is 7.09. The van der Waals surface area contributed by atoms with E-state index < -0.39 is 0 Å². The van der Waals surface area contributed by atoms with Crippen LogP contribution in [0.15, 0.2) is 42.0 Å². The molecule has 17 heavy (non-hydrogen) atoms. The third kappa shape index (κ3) is 4.29. The Bertz CT molecular complexity index is 411. The number of hydrogen-bond acceptors (Lipinski definition) is 3. The molecule has 2 aromatic rings. The molecule has 3 heteroatoms. The van der Waals surface area contributed by atoms with Gasteiger partial charge in [0.25, 0.3) is 0 Å². The Hall–Kier alpha value is -1.19. The summed E-state index contributed by atoms with van der Waals surface area (Å²) in [5.74, 6) is 0. The molecule has 0 aliphatic rings. The van der Waals surface area contributed by atoms with Crippen LogP contribution in [0.4, 0.5) is 0 Å². The zero-order chi connectivity index (χ0) is 11.9. The van der Waals surface area contributed by atoms with Gasteiger partial charge in [-0.15, -0.1) is 11.3 Å². The minimum Gasteiger partial charge on any atom is -0.327 e. The summed E-state index contributed by atoms with van der Waals surface area (Å²) in [6.45, 7) is 0. The molecular formula is C14H18N2S. The van der Waals surface area contributed by atoms with Crippen LogP contribution in [0, 0.1) is 0 Å². The molecule has 2 rings (SSSR count). The molecule has 2 heterocycles. The summed E-state index contributed by atoms with van der Waals surface area (Å²) in [5.41, 5.74) is 7.41. The smallest absolute Gasteiger partial charge is 0.0270 e. The van der Waals surface area contributed by atoms with Crippen molar-refractivity contribution in [2.75, 3.05) is 0 Å². The summed E-state index contributed by atoms with van der Waals surface area (Å²) in [6, 6.07) is 8.64. The largest absolute Gasteiger partial charge is 0.327 e. The van der Waals surface area contributed by atoms with E-state index in [0.717, 1.165) is 19.3 Å². The molecule has 0 saturated carbocycles. The number of nitrogens with zero attached hydrogens (tertiary/aromatic N) is 1. The molecule has 0 radical (unpaired) electrons. The zero-order valence-corrected chi connectivity index (χ0v) is 10.7. The van der Waals surface area contributed by atoms with Crippen molar-refractivity contribution in [3.8, 4) is 0 Å². The molecule has 0 amide bonds. The molecular weight excluding hydrogens is 228 g/mol. The van der Waals surface area contributed by atoms with Crippen LogP contribution in [0.5, 0.6) is 0 Å². The highest BCUT2D eigenvalue weighted by atomic mass is 32.1. The van der Waals surface area contributed by atoms with Crippen LogP contribution in [0.1, 0.15) is 23.3 Å². The molecule has 0 bridgehead atoms. The molecule has 2 N–H and O–H groups in total. The van der Waals surface area contributed by atoms with Gasteiger partial charge in [0.2, 0.25) is 0 Å². The summed E-state index contributed by atoms with van der Waals surface area (Å²) in [6.07, 6.45) is 8.02. The van der Waals surface area contributed by atoms with E-state index in [2.05, 4.69) is 22.5 Å². The van der Waals surface area contributed by atoms with Crippen LogP contribution in [-0.4, -0.2) is 11.0 Å². The fourth-order valence-electron chi connectivity index (χ4n) is 1.92. The number of hydrogen-bond donors (Lipinski definition) is 1. The predicted molar refractivity (Wildman–Crippen MR) is 73.2 cm³/mol. The molecule has 2 nitrogen and oxygen atoms in total. The number of aryl methyl sites for hydroxylation is 1. The second-order valence-corrected chi connectivity index (χ2v) is 5.32. The van der Waals surface area contributed by atoms with Gasteiger partial charge in [0.15, 0.2) is 0 Å². The van der Waals surface area contributed by atoms with Crippen molar-refractivity contribution >= 4 is 11.3 Å². The van der Waals surface area contributed by atoms with E-state index in [1.807, 2.05) is 35.9 Å². The number of nitrogens with two attached hydrogens (primary N) is 1. The van der Waals surface area contributed by atoms with Gasteiger partial charge in [-0.25, -0.2) is 0 Å². The van der Waals surface area contributed by atoms with Crippen LogP contribution in [0.25, 0.3) is 0 Å². The zero-order valence-electron chi connectivity index (χ0n) is 9.88. The summed E-state index contributed by atoms with van der Waals surface area (Å²) in [7, 11) is 0. The van der Waals surface area contributed by atoms with Gasteiger partial charge < -0.3 is 5.73 Å². The first-order valence-corrected chi connectivity index (χ1v) is 6.89. The topological polar surface area (TPSA) is 38.9 Å². The molecule has 0 aliphatic heterocycles. The maximum absolute atomic E-state index is 6.13. The Balaban J connectivity index is 1.69. The first-order valence-electron chi connectivity index (χ1n) is 6.01. The fraction of sp³-hybridized carbons (Fsp3) is 0.357. The lowest BCUT2D eigenvalue weighted by atomic mass is 10.0. The first kappa shape index (κ1) is 12.3. The lowest BCUT2D eigenvalue weighted by molar-refractivity contribution is 0.581. The van der Waals surface area contributed by atoms with Crippen molar-refractivity contribution in [3.63, 3.8) is 0 Å². The molecule has 0 spiro atoms. The molecule has 0 aromatic carbocycles. The Labute approximate surface area is 107 Å². The second kappa shape index (κ2) is 6.52. The molecule has 1 atom stereocenters. The third-order valence-corrected chi connectivity index (χ3v) is 3.76. The van der Waals surface area contributed by atoms with E-state index in [9.17, 15) is 0 Å². The lowest BCUT2D eigenvalue weighted by Crippen LogP contribution is -2.22. The van der Waals surface area contributed by atoms with E-state index in [4.69, 9.17) is 5.73 Å². The Morgan fingerprint density at radius 2 is 2.06 bits per heavy atom. The van der Waals surface area contributed by atoms with Crippen LogP contribution in [0.2, 0.25) is 0 Å². The van der Waals surface area contributed by atoms with E-state index in [1.165, 1.54) is 16.9 Å². The minimum atomic E-state index is 0.261. The van der Waals surface area contributed by atoms with Gasteiger partial charge in [0.05, 0.1) is 0 Å². The predicted octanol–water partition coefficient (Wildman–Crippen LogP) is 3.04. The highest BCUT2D eigenvalue weighted by Crippen LogP contribution is 2.13. The summed E-state index contributed by atoms with van der Waals surface area (Å²) in [5, 5.41) is 2.13. The van der Waals surface area contributed by atoms with Gasteiger partial charge in [-0.3, -0.25) is 4.98 Å². The molecule has 1 unspecified atom stereocenters. The average molecular weight is 246 g/mol. The second-order valence-electron chi connectivity index (χ2n) is 4.29. The summed E-state index contributed by atoms with van der Waals surface area (Å²) >= 11 is 1.83. The maximum Gasteiger partial charge on any atom is 0.0270 e. The van der Waals surface area contributed by atoms with E-state index in [0.29, 0.717) is 0 Å². The van der Waals surface area contributed by atoms with Crippen molar-refractivity contribution in [2.24, 2.45) is 5.73 Å². The van der Waals surface area contributed by atoms with Crippen LogP contribution in [-0.2, 0) is 12.8 Å². The summed E-state index contributed by atoms with van der Waals surface area (Å²) < 4.78 is 0. The number of aromatic nitrogens is 1. The van der Waals surface area contributed by atoms with Crippen molar-refractivity contribution < 1.29 is 0 Å². The SMILES string of the molecule is NC(CCCc1cccs1)Cc1ccncc1. The minimum absolute atomic E-state index is 0.261. The molecule has 0 fully saturated rings. The third-order valence-electron chi connectivity index (χ3n) is 2.83. The first-order chi connectivity index (χ1) is 8.34. The molecule has 2 aromatic heterocycles. The number of thiophene rings is 1. The van der Waals surface area contributed by atoms with Gasteiger partial charge in [-0.05, 0) is 54.8 Å². The van der Waals surface area contributed by atoms with Gasteiger partial charge in [-0.2, -0.15) is 0 Å². The number of pyridine rings is 1. The lowest BCUT2D eigenvalue weighted by Gasteiger charge is -2.10. The van der Waals surface area contributed by atoms with Crippen molar-refractivity contribution in [2.45, 2.75) is 31.7 Å². The summed E-state index contributed by atoms with van der Waals surface area (Å²) in [4.78, 5) is 5.47. The Morgan fingerprint density at radius 3 is 2.76 bits per heavy atom. The normalized spacial score (nSPS) is 12.5. The van der Waals surface area contributed by atoms with E-state index in [1.54, 1.807) is 0 Å². The molecule has 0 aliphatic carbocycles. The van der Waals surface area contributed by atoms with E-state index in [-0.39, 0.29) is 6.04 Å². The molecule has 0 saturated heterocycles. The Morgan fingerprint density at radius 1 is 1.24 bits per heavy atom. The molecule has 90 valence electrons. The monoisotopic (exact) mass is 246 g/mol. The Kier molecular flexibility index (Phi) is 4.71. The van der Waals surface area contributed by atoms with Gasteiger partial charge >= 0.3 is 0 Å². The van der Waals surface area contributed by atoms with Crippen molar-refractivity contribution in [1.29, 1.82) is 0 Å². The maximum atomic E-state index is 6.13. The van der Waals surface area contributed by atoms with Crippen LogP contribution in [0.3, 0.4) is 0 Å². The standard InChI is InChI=1S/C14H18N2S/c15-13(11-12-6-8-16-9-7-12)3-1-4-14-5-2-10-17-14/h2,5-10,13H,1,3-4,11,15H2. The van der Waals surface area contributed by atoms with Crippen molar-refractivity contribution in [1.82, 2.24) is 4.98 Å².